The highest BCUT2D eigenvalue weighted by Crippen LogP contribution is 2.36. The number of hydrazine groups is 1. The van der Waals surface area contributed by atoms with Crippen LogP contribution in [0.15, 0.2) is 36.7 Å². The predicted octanol–water partition coefficient (Wildman–Crippen LogP) is 2.65. The van der Waals surface area contributed by atoms with E-state index in [9.17, 15) is 4.39 Å². The van der Waals surface area contributed by atoms with E-state index in [0.717, 1.165) is 22.8 Å². The molecular formula is C18H23FN8. The minimum absolute atomic E-state index is 0.328. The van der Waals surface area contributed by atoms with Crippen LogP contribution in [0.5, 0.6) is 0 Å². The Hall–Kier alpha value is -3.33. The van der Waals surface area contributed by atoms with Crippen molar-refractivity contribution in [1.29, 1.82) is 0 Å². The molecular weight excluding hydrogens is 347 g/mol. The highest BCUT2D eigenvalue weighted by atomic mass is 19.1. The third kappa shape index (κ3) is 3.36. The van der Waals surface area contributed by atoms with E-state index >= 15 is 0 Å². The van der Waals surface area contributed by atoms with Crippen molar-refractivity contribution < 1.29 is 4.39 Å². The van der Waals surface area contributed by atoms with Gasteiger partial charge in [0.05, 0.1) is 22.3 Å². The van der Waals surface area contributed by atoms with Crippen molar-refractivity contribution in [2.24, 2.45) is 5.84 Å². The first-order valence-corrected chi connectivity index (χ1v) is 8.50. The van der Waals surface area contributed by atoms with Gasteiger partial charge in [-0.3, -0.25) is 5.84 Å². The SMILES string of the molecule is C=C/C(=C\NN)Nc1nc(N(C)CC)c2c(n1)[nH]c1c(NC)cc(F)cc12. The number of aromatic nitrogens is 3. The number of benzene rings is 1. The number of H-pyrrole nitrogens is 1. The molecule has 0 unspecified atom stereocenters. The number of aromatic amines is 1. The number of nitrogens with zero attached hydrogens (tertiary/aromatic N) is 3. The highest BCUT2D eigenvalue weighted by Gasteiger charge is 2.18. The van der Waals surface area contributed by atoms with Crippen LogP contribution in [0.4, 0.5) is 21.8 Å². The molecule has 142 valence electrons. The first kappa shape index (κ1) is 18.5. The molecule has 0 fully saturated rings. The van der Waals surface area contributed by atoms with E-state index in [1.54, 1.807) is 19.3 Å². The van der Waals surface area contributed by atoms with Crippen LogP contribution >= 0.6 is 0 Å². The lowest BCUT2D eigenvalue weighted by atomic mass is 10.1. The molecule has 0 aliphatic carbocycles. The number of halogens is 1. The molecule has 0 saturated carbocycles. The number of allylic oxidation sites excluding steroid dienone is 1. The summed E-state index contributed by atoms with van der Waals surface area (Å²) in [6.45, 7) is 6.47. The van der Waals surface area contributed by atoms with E-state index in [-0.39, 0.29) is 5.82 Å². The number of fused-ring (bicyclic) bond motifs is 3. The topological polar surface area (TPSA) is 107 Å². The van der Waals surface area contributed by atoms with E-state index < -0.39 is 0 Å². The van der Waals surface area contributed by atoms with Crippen molar-refractivity contribution in [3.63, 3.8) is 0 Å². The Morgan fingerprint density at radius 2 is 2.19 bits per heavy atom. The summed E-state index contributed by atoms with van der Waals surface area (Å²) < 4.78 is 14.1. The van der Waals surface area contributed by atoms with E-state index in [2.05, 4.69) is 37.6 Å². The smallest absolute Gasteiger partial charge is 0.231 e. The number of nitrogens with two attached hydrogens (primary N) is 1. The van der Waals surface area contributed by atoms with Crippen molar-refractivity contribution in [3.05, 3.63) is 42.5 Å². The van der Waals surface area contributed by atoms with Gasteiger partial charge in [-0.2, -0.15) is 9.97 Å². The van der Waals surface area contributed by atoms with Gasteiger partial charge >= 0.3 is 0 Å². The van der Waals surface area contributed by atoms with Crippen LogP contribution in [0.2, 0.25) is 0 Å². The maximum Gasteiger partial charge on any atom is 0.231 e. The van der Waals surface area contributed by atoms with E-state index in [4.69, 9.17) is 5.84 Å². The average molecular weight is 370 g/mol. The van der Waals surface area contributed by atoms with Crippen LogP contribution in [0.25, 0.3) is 21.9 Å². The van der Waals surface area contributed by atoms with Gasteiger partial charge < -0.3 is 25.9 Å². The maximum atomic E-state index is 14.1. The molecule has 0 saturated heterocycles. The summed E-state index contributed by atoms with van der Waals surface area (Å²) in [7, 11) is 3.67. The van der Waals surface area contributed by atoms with Gasteiger partial charge in [0.1, 0.15) is 17.3 Å². The van der Waals surface area contributed by atoms with Gasteiger partial charge in [0.2, 0.25) is 5.95 Å². The summed E-state index contributed by atoms with van der Waals surface area (Å²) >= 11 is 0. The largest absolute Gasteiger partial charge is 0.386 e. The molecule has 3 aromatic rings. The van der Waals surface area contributed by atoms with Crippen molar-refractivity contribution in [2.45, 2.75) is 6.92 Å². The van der Waals surface area contributed by atoms with Crippen LogP contribution in [-0.2, 0) is 0 Å². The Kier molecular flexibility index (Phi) is 5.13. The van der Waals surface area contributed by atoms with Crippen molar-refractivity contribution in [2.75, 3.05) is 36.2 Å². The molecule has 0 aliphatic heterocycles. The normalized spacial score (nSPS) is 11.7. The molecule has 1 aromatic carbocycles. The number of anilines is 3. The molecule has 0 spiro atoms. The maximum absolute atomic E-state index is 14.1. The Morgan fingerprint density at radius 1 is 1.41 bits per heavy atom. The van der Waals surface area contributed by atoms with Crippen LogP contribution in [0, 0.1) is 5.82 Å². The number of nitrogens with one attached hydrogen (secondary N) is 4. The minimum atomic E-state index is -0.328. The van der Waals surface area contributed by atoms with Gasteiger partial charge in [-0.15, -0.1) is 0 Å². The van der Waals surface area contributed by atoms with Gasteiger partial charge in [-0.1, -0.05) is 6.58 Å². The van der Waals surface area contributed by atoms with Crippen LogP contribution in [0.3, 0.4) is 0 Å². The minimum Gasteiger partial charge on any atom is -0.386 e. The quantitative estimate of drug-likeness (QED) is 0.247. The zero-order chi connectivity index (χ0) is 19.6. The first-order valence-electron chi connectivity index (χ1n) is 8.50. The molecule has 8 nitrogen and oxygen atoms in total. The van der Waals surface area contributed by atoms with E-state index in [0.29, 0.717) is 28.8 Å². The van der Waals surface area contributed by atoms with Crippen LogP contribution in [0.1, 0.15) is 6.92 Å². The van der Waals surface area contributed by atoms with Crippen LogP contribution in [-0.4, -0.2) is 35.6 Å². The zero-order valence-corrected chi connectivity index (χ0v) is 15.5. The lowest BCUT2D eigenvalue weighted by Crippen LogP contribution is -2.19. The molecule has 2 heterocycles. The first-order chi connectivity index (χ1) is 13.0. The molecule has 6 N–H and O–H groups in total. The summed E-state index contributed by atoms with van der Waals surface area (Å²) in [5.41, 5.74) is 5.09. The Morgan fingerprint density at radius 3 is 2.81 bits per heavy atom. The number of hydrogen-bond donors (Lipinski definition) is 5. The lowest BCUT2D eigenvalue weighted by Gasteiger charge is -2.18. The fraction of sp³-hybridized carbons (Fsp3) is 0.222. The lowest BCUT2D eigenvalue weighted by molar-refractivity contribution is 0.630. The highest BCUT2D eigenvalue weighted by molar-refractivity contribution is 6.14. The van der Waals surface area contributed by atoms with E-state index in [1.165, 1.54) is 12.1 Å². The molecule has 9 heteroatoms. The molecule has 2 aromatic heterocycles. The molecule has 0 atom stereocenters. The standard InChI is InChI=1S/C18H23FN8/c1-5-11(9-22-20)23-18-25-16-14(17(26-18)27(4)6-2)12-7-10(19)8-13(21-3)15(12)24-16/h5,7-9,21-22H,1,6,20H2,2-4H3,(H2,23,24,25,26)/b11-9+. The van der Waals surface area contributed by atoms with Gasteiger partial charge in [-0.25, -0.2) is 4.39 Å². The second-order valence-corrected chi connectivity index (χ2v) is 5.95. The molecule has 0 amide bonds. The van der Waals surface area contributed by atoms with Crippen molar-refractivity contribution in [3.8, 4) is 0 Å². The summed E-state index contributed by atoms with van der Waals surface area (Å²) in [5, 5.41) is 7.56. The fourth-order valence-corrected chi connectivity index (χ4v) is 2.89. The molecule has 0 radical (unpaired) electrons. The fourth-order valence-electron chi connectivity index (χ4n) is 2.89. The molecule has 0 aliphatic rings. The van der Waals surface area contributed by atoms with Gasteiger partial charge in [0, 0.05) is 32.2 Å². The monoisotopic (exact) mass is 370 g/mol. The van der Waals surface area contributed by atoms with Gasteiger partial charge in [-0.05, 0) is 25.1 Å². The van der Waals surface area contributed by atoms with E-state index in [1.807, 2.05) is 18.9 Å². The summed E-state index contributed by atoms with van der Waals surface area (Å²) in [6, 6.07) is 2.94. The Labute approximate surface area is 156 Å². The van der Waals surface area contributed by atoms with Gasteiger partial charge in [0.15, 0.2) is 0 Å². The third-order valence-corrected chi connectivity index (χ3v) is 4.33. The van der Waals surface area contributed by atoms with Crippen LogP contribution < -0.4 is 26.8 Å². The molecule has 27 heavy (non-hydrogen) atoms. The zero-order valence-electron chi connectivity index (χ0n) is 15.5. The third-order valence-electron chi connectivity index (χ3n) is 4.33. The molecule has 0 bridgehead atoms. The van der Waals surface area contributed by atoms with Gasteiger partial charge in [0.25, 0.3) is 0 Å². The number of hydrogen-bond acceptors (Lipinski definition) is 7. The second kappa shape index (κ2) is 7.50. The summed E-state index contributed by atoms with van der Waals surface area (Å²) in [4.78, 5) is 14.4. The number of rotatable bonds is 7. The average Bonchev–Trinajstić information content (AvgIpc) is 3.03. The Bertz CT molecular complexity index is 1020. The summed E-state index contributed by atoms with van der Waals surface area (Å²) in [6.07, 6.45) is 3.14. The second-order valence-electron chi connectivity index (χ2n) is 5.95. The van der Waals surface area contributed by atoms with Crippen molar-refractivity contribution in [1.82, 2.24) is 20.4 Å². The Balaban J connectivity index is 2.30. The predicted molar refractivity (Wildman–Crippen MR) is 109 cm³/mol. The summed E-state index contributed by atoms with van der Waals surface area (Å²) in [5.74, 6) is 6.07. The molecule has 3 rings (SSSR count). The van der Waals surface area contributed by atoms with Crippen molar-refractivity contribution >= 4 is 39.4 Å².